The average molecular weight is 511 g/mol. The van der Waals surface area contributed by atoms with Gasteiger partial charge >= 0.3 is 0 Å². The Hall–Kier alpha value is -1.57. The second-order valence-corrected chi connectivity index (χ2v) is 8.42. The molecule has 1 aromatic heterocycles. The standard InChI is InChI=1S/C23H37N5.HI/c1-9-24-22(25-15-23(6,7)21-13-11-10-12-16(21)2)26-17(3)14-20-18(4)27-28(8)19(20)5;/h10-13,17H,9,14-15H2,1-8H3,(H2,24,25,26);1H. The van der Waals surface area contributed by atoms with E-state index in [1.165, 1.54) is 22.4 Å². The van der Waals surface area contributed by atoms with Gasteiger partial charge in [-0.05, 0) is 57.7 Å². The smallest absolute Gasteiger partial charge is 0.191 e. The van der Waals surface area contributed by atoms with Gasteiger partial charge in [0.15, 0.2) is 5.96 Å². The molecule has 0 radical (unpaired) electrons. The molecule has 1 atom stereocenters. The van der Waals surface area contributed by atoms with Gasteiger partial charge in [0.2, 0.25) is 0 Å². The summed E-state index contributed by atoms with van der Waals surface area (Å²) in [7, 11) is 2.00. The Bertz CT molecular complexity index is 823. The first-order valence-corrected chi connectivity index (χ1v) is 10.3. The van der Waals surface area contributed by atoms with Crippen LogP contribution in [0.1, 0.15) is 55.8 Å². The van der Waals surface area contributed by atoms with Crippen molar-refractivity contribution in [2.75, 3.05) is 13.1 Å². The Morgan fingerprint density at radius 1 is 1.21 bits per heavy atom. The number of nitrogens with zero attached hydrogens (tertiary/aromatic N) is 3. The SMILES string of the molecule is CCNC(=NCC(C)(C)c1ccccc1C)NC(C)Cc1c(C)nn(C)c1C.I. The zero-order valence-corrected chi connectivity index (χ0v) is 21.6. The van der Waals surface area contributed by atoms with Crippen molar-refractivity contribution in [1.82, 2.24) is 20.4 Å². The number of hydrogen-bond acceptors (Lipinski definition) is 2. The molecule has 6 heteroatoms. The quantitative estimate of drug-likeness (QED) is 0.329. The highest BCUT2D eigenvalue weighted by atomic mass is 127. The van der Waals surface area contributed by atoms with Crippen molar-refractivity contribution in [3.63, 3.8) is 0 Å². The van der Waals surface area contributed by atoms with E-state index in [9.17, 15) is 0 Å². The van der Waals surface area contributed by atoms with Crippen LogP contribution in [-0.4, -0.2) is 34.9 Å². The molecular weight excluding hydrogens is 473 g/mol. The van der Waals surface area contributed by atoms with E-state index in [0.717, 1.165) is 31.2 Å². The summed E-state index contributed by atoms with van der Waals surface area (Å²) in [6, 6.07) is 8.85. The van der Waals surface area contributed by atoms with Crippen molar-refractivity contribution < 1.29 is 0 Å². The fraction of sp³-hybridized carbons (Fsp3) is 0.565. The number of nitrogens with one attached hydrogen (secondary N) is 2. The summed E-state index contributed by atoms with van der Waals surface area (Å²) in [5.74, 6) is 0.871. The van der Waals surface area contributed by atoms with E-state index in [1.807, 2.05) is 11.7 Å². The molecule has 2 N–H and O–H groups in total. The number of aliphatic imine (C=N–C) groups is 1. The van der Waals surface area contributed by atoms with Crippen LogP contribution in [0.3, 0.4) is 0 Å². The maximum atomic E-state index is 4.91. The fourth-order valence-electron chi connectivity index (χ4n) is 3.72. The molecule has 0 aliphatic rings. The molecule has 162 valence electrons. The van der Waals surface area contributed by atoms with Gasteiger partial charge in [-0.2, -0.15) is 5.10 Å². The summed E-state index contributed by atoms with van der Waals surface area (Å²) in [5, 5.41) is 11.5. The molecule has 2 aromatic rings. The lowest BCUT2D eigenvalue weighted by Gasteiger charge is -2.26. The highest BCUT2D eigenvalue weighted by Crippen LogP contribution is 2.26. The summed E-state index contributed by atoms with van der Waals surface area (Å²) in [6.45, 7) is 16.8. The number of guanidine groups is 1. The lowest BCUT2D eigenvalue weighted by atomic mass is 9.82. The highest BCUT2D eigenvalue weighted by molar-refractivity contribution is 14.0. The predicted molar refractivity (Wildman–Crippen MR) is 135 cm³/mol. The Morgan fingerprint density at radius 3 is 2.41 bits per heavy atom. The van der Waals surface area contributed by atoms with Crippen molar-refractivity contribution in [1.29, 1.82) is 0 Å². The third-order valence-electron chi connectivity index (χ3n) is 5.40. The van der Waals surface area contributed by atoms with Crippen LogP contribution >= 0.6 is 24.0 Å². The second-order valence-electron chi connectivity index (χ2n) is 8.42. The number of halogens is 1. The third kappa shape index (κ3) is 6.73. The van der Waals surface area contributed by atoms with Crippen LogP contribution < -0.4 is 10.6 Å². The van der Waals surface area contributed by atoms with E-state index in [-0.39, 0.29) is 35.4 Å². The largest absolute Gasteiger partial charge is 0.357 e. The van der Waals surface area contributed by atoms with Gasteiger partial charge in [-0.15, -0.1) is 24.0 Å². The lowest BCUT2D eigenvalue weighted by Crippen LogP contribution is -2.44. The molecule has 0 saturated heterocycles. The van der Waals surface area contributed by atoms with E-state index < -0.39 is 0 Å². The Kier molecular flexibility index (Phi) is 9.65. The van der Waals surface area contributed by atoms with Gasteiger partial charge in [0.05, 0.1) is 12.2 Å². The Morgan fingerprint density at radius 2 is 1.86 bits per heavy atom. The van der Waals surface area contributed by atoms with Crippen LogP contribution in [0.5, 0.6) is 0 Å². The molecule has 0 fully saturated rings. The zero-order chi connectivity index (χ0) is 20.9. The minimum atomic E-state index is -0.0204. The topological polar surface area (TPSA) is 54.2 Å². The molecule has 0 saturated carbocycles. The molecule has 0 spiro atoms. The Balaban J connectivity index is 0.00000420. The maximum Gasteiger partial charge on any atom is 0.191 e. The van der Waals surface area contributed by atoms with Gasteiger partial charge in [0, 0.05) is 30.7 Å². The number of hydrogen-bond donors (Lipinski definition) is 2. The highest BCUT2D eigenvalue weighted by Gasteiger charge is 2.22. The van der Waals surface area contributed by atoms with Gasteiger partial charge in [-0.1, -0.05) is 38.1 Å². The van der Waals surface area contributed by atoms with Crippen LogP contribution in [0.2, 0.25) is 0 Å². The van der Waals surface area contributed by atoms with E-state index >= 15 is 0 Å². The van der Waals surface area contributed by atoms with E-state index in [1.54, 1.807) is 0 Å². The molecule has 1 unspecified atom stereocenters. The molecule has 1 aromatic carbocycles. The average Bonchev–Trinajstić information content (AvgIpc) is 2.86. The molecule has 0 bridgehead atoms. The van der Waals surface area contributed by atoms with Crippen molar-refractivity contribution in [2.45, 2.75) is 66.3 Å². The molecule has 5 nitrogen and oxygen atoms in total. The minimum Gasteiger partial charge on any atom is -0.357 e. The van der Waals surface area contributed by atoms with E-state index in [4.69, 9.17) is 4.99 Å². The first-order chi connectivity index (χ1) is 13.2. The van der Waals surface area contributed by atoms with Gasteiger partial charge in [-0.25, -0.2) is 0 Å². The molecule has 0 amide bonds. The van der Waals surface area contributed by atoms with Crippen LogP contribution in [0, 0.1) is 20.8 Å². The molecular formula is C23H38IN5. The predicted octanol–water partition coefficient (Wildman–Crippen LogP) is 4.43. The fourth-order valence-corrected chi connectivity index (χ4v) is 3.72. The van der Waals surface area contributed by atoms with Crippen molar-refractivity contribution in [3.8, 4) is 0 Å². The van der Waals surface area contributed by atoms with E-state index in [0.29, 0.717) is 0 Å². The third-order valence-corrected chi connectivity index (χ3v) is 5.40. The zero-order valence-electron chi connectivity index (χ0n) is 19.3. The summed E-state index contributed by atoms with van der Waals surface area (Å²) in [5.41, 5.74) is 6.30. The molecule has 2 rings (SSSR count). The second kappa shape index (κ2) is 11.0. The number of aryl methyl sites for hydroxylation is 3. The van der Waals surface area contributed by atoms with Gasteiger partial charge in [0.1, 0.15) is 0 Å². The van der Waals surface area contributed by atoms with Crippen molar-refractivity contribution in [2.24, 2.45) is 12.0 Å². The lowest BCUT2D eigenvalue weighted by molar-refractivity contribution is 0.531. The number of rotatable bonds is 7. The van der Waals surface area contributed by atoms with Gasteiger partial charge in [0.25, 0.3) is 0 Å². The van der Waals surface area contributed by atoms with Crippen LogP contribution in [-0.2, 0) is 18.9 Å². The molecule has 0 aliphatic carbocycles. The van der Waals surface area contributed by atoms with Crippen LogP contribution in [0.25, 0.3) is 0 Å². The summed E-state index contributed by atoms with van der Waals surface area (Å²) in [6.07, 6.45) is 0.928. The van der Waals surface area contributed by atoms with Gasteiger partial charge < -0.3 is 10.6 Å². The molecule has 29 heavy (non-hydrogen) atoms. The van der Waals surface area contributed by atoms with E-state index in [2.05, 4.69) is 88.5 Å². The van der Waals surface area contributed by atoms with Crippen LogP contribution in [0.4, 0.5) is 0 Å². The normalized spacial score (nSPS) is 13.0. The number of benzene rings is 1. The first-order valence-electron chi connectivity index (χ1n) is 10.3. The Labute approximate surface area is 193 Å². The monoisotopic (exact) mass is 511 g/mol. The summed E-state index contributed by atoms with van der Waals surface area (Å²) in [4.78, 5) is 4.91. The number of aromatic nitrogens is 2. The summed E-state index contributed by atoms with van der Waals surface area (Å²) < 4.78 is 1.96. The first kappa shape index (κ1) is 25.5. The molecule has 1 heterocycles. The van der Waals surface area contributed by atoms with Crippen molar-refractivity contribution in [3.05, 3.63) is 52.3 Å². The van der Waals surface area contributed by atoms with Gasteiger partial charge in [-0.3, -0.25) is 9.67 Å². The molecule has 0 aliphatic heterocycles. The minimum absolute atomic E-state index is 0. The summed E-state index contributed by atoms with van der Waals surface area (Å²) >= 11 is 0. The maximum absolute atomic E-state index is 4.91. The van der Waals surface area contributed by atoms with Crippen LogP contribution in [0.15, 0.2) is 29.3 Å². The van der Waals surface area contributed by atoms with Crippen molar-refractivity contribution >= 4 is 29.9 Å².